The molecule has 2 N–H and O–H groups in total. The van der Waals surface area contributed by atoms with Crippen LogP contribution in [0.5, 0.6) is 0 Å². The highest BCUT2D eigenvalue weighted by Gasteiger charge is 2.29. The molecule has 0 aliphatic heterocycles. The van der Waals surface area contributed by atoms with E-state index in [0.717, 1.165) is 11.0 Å². The number of halogens is 3. The Morgan fingerprint density at radius 1 is 1.29 bits per heavy atom. The van der Waals surface area contributed by atoms with Crippen LogP contribution in [0.4, 0.5) is 19.1 Å². The number of aromatic amines is 1. The summed E-state index contributed by atoms with van der Waals surface area (Å²) < 4.78 is 39.0. The van der Waals surface area contributed by atoms with Gasteiger partial charge in [-0.2, -0.15) is 18.3 Å². The highest BCUT2D eigenvalue weighted by atomic mass is 19.4. The molecule has 1 aromatic carbocycles. The van der Waals surface area contributed by atoms with E-state index < -0.39 is 12.7 Å². The van der Waals surface area contributed by atoms with E-state index >= 15 is 0 Å². The van der Waals surface area contributed by atoms with Crippen LogP contribution in [0.3, 0.4) is 0 Å². The summed E-state index contributed by atoms with van der Waals surface area (Å²) in [5.74, 6) is 0.469. The third-order valence-corrected chi connectivity index (χ3v) is 3.71. The Hall–Kier alpha value is -2.77. The van der Waals surface area contributed by atoms with Gasteiger partial charge in [0.2, 0.25) is 5.95 Å². The zero-order valence-electron chi connectivity index (χ0n) is 13.1. The van der Waals surface area contributed by atoms with Gasteiger partial charge in [-0.1, -0.05) is 12.1 Å². The van der Waals surface area contributed by atoms with Gasteiger partial charge in [0.1, 0.15) is 6.54 Å². The lowest BCUT2D eigenvalue weighted by molar-refractivity contribution is -0.141. The molecule has 0 unspecified atom stereocenters. The van der Waals surface area contributed by atoms with Crippen LogP contribution in [0.1, 0.15) is 17.0 Å². The first-order valence-corrected chi connectivity index (χ1v) is 7.31. The van der Waals surface area contributed by atoms with Crippen LogP contribution in [0, 0.1) is 13.8 Å². The second-order valence-electron chi connectivity index (χ2n) is 5.50. The number of hydrogen-bond acceptors (Lipinski definition) is 3. The lowest BCUT2D eigenvalue weighted by atomic mass is 10.3. The smallest absolute Gasteiger partial charge is 0.339 e. The standard InChI is InChI=1S/C16H16F3N5/c1-10-7-12(11(2)24(10)9-16(17,18)19)8-20-23-15-21-13-5-3-4-6-14(13)22-15/h3-8H,9H2,1-2H3,(H2,21,22,23)/b20-8+. The van der Waals surface area contributed by atoms with Gasteiger partial charge < -0.3 is 9.55 Å². The number of hydrazone groups is 1. The lowest BCUT2D eigenvalue weighted by Crippen LogP contribution is -2.19. The van der Waals surface area contributed by atoms with E-state index in [2.05, 4.69) is 20.5 Å². The summed E-state index contributed by atoms with van der Waals surface area (Å²) in [7, 11) is 0. The van der Waals surface area contributed by atoms with Gasteiger partial charge in [-0.3, -0.25) is 0 Å². The molecule has 0 amide bonds. The topological polar surface area (TPSA) is 58.0 Å². The van der Waals surface area contributed by atoms with Crippen LogP contribution in [0.2, 0.25) is 0 Å². The number of hydrogen-bond donors (Lipinski definition) is 2. The van der Waals surface area contributed by atoms with Crippen molar-refractivity contribution in [2.75, 3.05) is 5.43 Å². The fraction of sp³-hybridized carbons (Fsp3) is 0.250. The number of fused-ring (bicyclic) bond motifs is 1. The maximum Gasteiger partial charge on any atom is 0.406 e. The van der Waals surface area contributed by atoms with Crippen molar-refractivity contribution in [3.05, 3.63) is 47.3 Å². The van der Waals surface area contributed by atoms with Crippen molar-refractivity contribution >= 4 is 23.2 Å². The van der Waals surface area contributed by atoms with Crippen molar-refractivity contribution in [3.63, 3.8) is 0 Å². The fourth-order valence-corrected chi connectivity index (χ4v) is 2.55. The molecule has 0 spiro atoms. The first-order valence-electron chi connectivity index (χ1n) is 7.31. The van der Waals surface area contributed by atoms with Crippen LogP contribution >= 0.6 is 0 Å². The predicted octanol–water partition coefficient (Wildman–Crippen LogP) is 3.99. The van der Waals surface area contributed by atoms with E-state index in [1.54, 1.807) is 19.9 Å². The number of anilines is 1. The quantitative estimate of drug-likeness (QED) is 0.559. The molecule has 3 rings (SSSR count). The summed E-state index contributed by atoms with van der Waals surface area (Å²) in [4.78, 5) is 7.36. The summed E-state index contributed by atoms with van der Waals surface area (Å²) in [5, 5.41) is 4.06. The second-order valence-corrected chi connectivity index (χ2v) is 5.50. The Balaban J connectivity index is 1.76. The highest BCUT2D eigenvalue weighted by Crippen LogP contribution is 2.22. The number of imidazole rings is 1. The van der Waals surface area contributed by atoms with E-state index in [1.807, 2.05) is 24.3 Å². The number of para-hydroxylation sites is 2. The minimum atomic E-state index is -4.25. The minimum Gasteiger partial charge on any atom is -0.339 e. The number of benzene rings is 1. The molecule has 2 aromatic heterocycles. The molecular weight excluding hydrogens is 319 g/mol. The molecule has 126 valence electrons. The van der Waals surface area contributed by atoms with E-state index in [9.17, 15) is 13.2 Å². The van der Waals surface area contributed by atoms with Crippen LogP contribution in [0.25, 0.3) is 11.0 Å². The third kappa shape index (κ3) is 3.42. The maximum atomic E-state index is 12.6. The number of aryl methyl sites for hydroxylation is 1. The Labute approximate surface area is 136 Å². The summed E-state index contributed by atoms with van der Waals surface area (Å²) in [6.07, 6.45) is -2.77. The molecule has 0 saturated heterocycles. The Kier molecular flexibility index (Phi) is 4.04. The summed E-state index contributed by atoms with van der Waals surface area (Å²) in [6.45, 7) is 2.28. The lowest BCUT2D eigenvalue weighted by Gasteiger charge is -2.12. The van der Waals surface area contributed by atoms with E-state index in [0.29, 0.717) is 22.9 Å². The predicted molar refractivity (Wildman–Crippen MR) is 87.3 cm³/mol. The Morgan fingerprint density at radius 2 is 2.04 bits per heavy atom. The largest absolute Gasteiger partial charge is 0.406 e. The van der Waals surface area contributed by atoms with Gasteiger partial charge in [0.25, 0.3) is 0 Å². The highest BCUT2D eigenvalue weighted by molar-refractivity contribution is 5.82. The van der Waals surface area contributed by atoms with E-state index in [4.69, 9.17) is 0 Å². The van der Waals surface area contributed by atoms with Gasteiger partial charge in [0.05, 0.1) is 17.2 Å². The molecule has 24 heavy (non-hydrogen) atoms. The summed E-state index contributed by atoms with van der Waals surface area (Å²) in [5.41, 5.74) is 6.11. The molecule has 0 radical (unpaired) electrons. The van der Waals surface area contributed by atoms with E-state index in [-0.39, 0.29) is 0 Å². The normalized spacial score (nSPS) is 12.4. The molecule has 0 saturated carbocycles. The van der Waals surface area contributed by atoms with Gasteiger partial charge in [0, 0.05) is 17.0 Å². The molecular formula is C16H16F3N5. The fourth-order valence-electron chi connectivity index (χ4n) is 2.55. The Bertz CT molecular complexity index is 856. The second kappa shape index (κ2) is 6.03. The molecule has 0 fully saturated rings. The van der Waals surface area contributed by atoms with Crippen LogP contribution < -0.4 is 5.43 Å². The van der Waals surface area contributed by atoms with Crippen LogP contribution in [-0.2, 0) is 6.54 Å². The van der Waals surface area contributed by atoms with E-state index in [1.165, 1.54) is 10.8 Å². The van der Waals surface area contributed by atoms with Crippen molar-refractivity contribution in [1.82, 2.24) is 14.5 Å². The van der Waals surface area contributed by atoms with Crippen LogP contribution in [-0.4, -0.2) is 26.9 Å². The molecule has 0 bridgehead atoms. The van der Waals surface area contributed by atoms with Crippen molar-refractivity contribution in [3.8, 4) is 0 Å². The number of alkyl halides is 3. The molecule has 8 heteroatoms. The maximum absolute atomic E-state index is 12.6. The van der Waals surface area contributed by atoms with Crippen LogP contribution in [0.15, 0.2) is 35.4 Å². The number of aromatic nitrogens is 3. The third-order valence-electron chi connectivity index (χ3n) is 3.71. The van der Waals surface area contributed by atoms with Gasteiger partial charge in [-0.05, 0) is 32.0 Å². The summed E-state index contributed by atoms with van der Waals surface area (Å²) in [6, 6.07) is 9.20. The van der Waals surface area contributed by atoms with Gasteiger partial charge in [-0.15, -0.1) is 0 Å². The van der Waals surface area contributed by atoms with Gasteiger partial charge in [-0.25, -0.2) is 10.4 Å². The summed E-state index contributed by atoms with van der Waals surface area (Å²) >= 11 is 0. The number of nitrogens with zero attached hydrogens (tertiary/aromatic N) is 3. The molecule has 3 aromatic rings. The average Bonchev–Trinajstić information content (AvgIpc) is 3.02. The Morgan fingerprint density at radius 3 is 2.75 bits per heavy atom. The van der Waals surface area contributed by atoms with Crippen molar-refractivity contribution in [1.29, 1.82) is 0 Å². The van der Waals surface area contributed by atoms with Crippen molar-refractivity contribution < 1.29 is 13.2 Å². The number of rotatable bonds is 4. The first kappa shape index (κ1) is 16.1. The minimum absolute atomic E-state index is 0.469. The van der Waals surface area contributed by atoms with Crippen molar-refractivity contribution in [2.45, 2.75) is 26.6 Å². The van der Waals surface area contributed by atoms with Gasteiger partial charge >= 0.3 is 6.18 Å². The molecule has 5 nitrogen and oxygen atoms in total. The molecule has 0 atom stereocenters. The monoisotopic (exact) mass is 335 g/mol. The SMILES string of the molecule is Cc1cc(/C=N/Nc2nc3ccccc3[nH]2)c(C)n1CC(F)(F)F. The zero-order valence-corrected chi connectivity index (χ0v) is 13.1. The van der Waals surface area contributed by atoms with Gasteiger partial charge in [0.15, 0.2) is 0 Å². The number of nitrogens with one attached hydrogen (secondary N) is 2. The van der Waals surface area contributed by atoms with Crippen molar-refractivity contribution in [2.24, 2.45) is 5.10 Å². The zero-order chi connectivity index (χ0) is 17.3. The number of H-pyrrole nitrogens is 1. The molecule has 2 heterocycles. The molecule has 0 aliphatic carbocycles. The molecule has 0 aliphatic rings. The average molecular weight is 335 g/mol. The first-order chi connectivity index (χ1) is 11.3.